The fourth-order valence-electron chi connectivity index (χ4n) is 3.10. The largest absolute Gasteiger partial charge is 0.381 e. The second-order valence-electron chi connectivity index (χ2n) is 6.42. The average molecular weight is 343 g/mol. The van der Waals surface area contributed by atoms with E-state index in [4.69, 9.17) is 10.5 Å². The molecular formula is C18H21N3O4. The number of hydrogen-bond acceptors (Lipinski definition) is 4. The highest BCUT2D eigenvalue weighted by atomic mass is 16.5. The van der Waals surface area contributed by atoms with Gasteiger partial charge in [0.2, 0.25) is 11.8 Å². The Kier molecular flexibility index (Phi) is 4.85. The number of amides is 2. The van der Waals surface area contributed by atoms with E-state index in [0.29, 0.717) is 31.6 Å². The van der Waals surface area contributed by atoms with E-state index >= 15 is 0 Å². The summed E-state index contributed by atoms with van der Waals surface area (Å²) >= 11 is 0. The number of para-hydroxylation sites is 1. The topological polar surface area (TPSA) is 114 Å². The minimum atomic E-state index is -0.774. The van der Waals surface area contributed by atoms with Crippen LogP contribution in [-0.4, -0.2) is 36.6 Å². The van der Waals surface area contributed by atoms with Crippen molar-refractivity contribution in [3.05, 3.63) is 46.2 Å². The molecule has 3 rings (SSSR count). The van der Waals surface area contributed by atoms with Crippen LogP contribution in [0.25, 0.3) is 10.9 Å². The molecule has 1 aliphatic rings. The number of nitrogens with two attached hydrogens (primary N) is 1. The lowest BCUT2D eigenvalue weighted by Gasteiger charge is -2.34. The molecule has 2 heterocycles. The van der Waals surface area contributed by atoms with Crippen LogP contribution < -0.4 is 16.6 Å². The monoisotopic (exact) mass is 343 g/mol. The molecule has 2 aromatic rings. The quantitative estimate of drug-likeness (QED) is 0.732. The van der Waals surface area contributed by atoms with Crippen molar-refractivity contribution in [3.63, 3.8) is 0 Å². The van der Waals surface area contributed by atoms with Crippen molar-refractivity contribution in [1.82, 2.24) is 10.3 Å². The zero-order valence-electron chi connectivity index (χ0n) is 13.8. The zero-order chi connectivity index (χ0) is 17.9. The van der Waals surface area contributed by atoms with E-state index in [1.165, 1.54) is 0 Å². The third-order valence-electron chi connectivity index (χ3n) is 4.78. The first-order valence-electron chi connectivity index (χ1n) is 8.25. The SMILES string of the molecule is NC(=O)C1(CNC(=O)Cc2cc3ccccc3[nH]c2=O)CCOCC1. The Bertz CT molecular complexity index is 853. The smallest absolute Gasteiger partial charge is 0.252 e. The molecule has 1 aromatic carbocycles. The van der Waals surface area contributed by atoms with Gasteiger partial charge in [0.25, 0.3) is 5.56 Å². The average Bonchev–Trinajstić information content (AvgIpc) is 2.61. The van der Waals surface area contributed by atoms with Crippen LogP contribution in [0.3, 0.4) is 0 Å². The molecule has 0 saturated carbocycles. The molecule has 0 radical (unpaired) electrons. The highest BCUT2D eigenvalue weighted by Gasteiger charge is 2.38. The molecule has 7 nitrogen and oxygen atoms in total. The van der Waals surface area contributed by atoms with Gasteiger partial charge in [-0.25, -0.2) is 0 Å². The molecule has 25 heavy (non-hydrogen) atoms. The van der Waals surface area contributed by atoms with Crippen molar-refractivity contribution < 1.29 is 14.3 Å². The third-order valence-corrected chi connectivity index (χ3v) is 4.78. The number of benzene rings is 1. The van der Waals surface area contributed by atoms with E-state index < -0.39 is 11.3 Å². The van der Waals surface area contributed by atoms with Gasteiger partial charge >= 0.3 is 0 Å². The summed E-state index contributed by atoms with van der Waals surface area (Å²) in [5, 5.41) is 3.61. The van der Waals surface area contributed by atoms with Gasteiger partial charge < -0.3 is 20.8 Å². The molecule has 132 valence electrons. The summed E-state index contributed by atoms with van der Waals surface area (Å²) in [4.78, 5) is 39.0. The maximum atomic E-state index is 12.3. The van der Waals surface area contributed by atoms with Crippen LogP contribution in [-0.2, 0) is 20.7 Å². The van der Waals surface area contributed by atoms with Crippen molar-refractivity contribution in [2.45, 2.75) is 19.3 Å². The van der Waals surface area contributed by atoms with Gasteiger partial charge in [0, 0.05) is 30.8 Å². The van der Waals surface area contributed by atoms with Crippen LogP contribution in [0.2, 0.25) is 0 Å². The van der Waals surface area contributed by atoms with E-state index in [9.17, 15) is 14.4 Å². The van der Waals surface area contributed by atoms with Crippen LogP contribution in [0.5, 0.6) is 0 Å². The Morgan fingerprint density at radius 1 is 1.24 bits per heavy atom. The van der Waals surface area contributed by atoms with Gasteiger partial charge in [-0.3, -0.25) is 14.4 Å². The first-order valence-corrected chi connectivity index (χ1v) is 8.25. The summed E-state index contributed by atoms with van der Waals surface area (Å²) in [7, 11) is 0. The van der Waals surface area contributed by atoms with E-state index in [0.717, 1.165) is 10.9 Å². The Morgan fingerprint density at radius 2 is 1.96 bits per heavy atom. The van der Waals surface area contributed by atoms with Crippen molar-refractivity contribution in [3.8, 4) is 0 Å². The second-order valence-corrected chi connectivity index (χ2v) is 6.42. The summed E-state index contributed by atoms with van der Waals surface area (Å²) in [6.07, 6.45) is 0.920. The highest BCUT2D eigenvalue weighted by Crippen LogP contribution is 2.29. The number of ether oxygens (including phenoxy) is 1. The van der Waals surface area contributed by atoms with Gasteiger partial charge in [0.05, 0.1) is 11.8 Å². The van der Waals surface area contributed by atoms with Crippen molar-refractivity contribution in [1.29, 1.82) is 0 Å². The van der Waals surface area contributed by atoms with Gasteiger partial charge in [-0.2, -0.15) is 0 Å². The number of pyridine rings is 1. The first kappa shape index (κ1) is 17.2. The fraction of sp³-hybridized carbons (Fsp3) is 0.389. The lowest BCUT2D eigenvalue weighted by molar-refractivity contribution is -0.133. The maximum absolute atomic E-state index is 12.3. The van der Waals surface area contributed by atoms with Crippen LogP contribution in [0.15, 0.2) is 35.1 Å². The Labute approximate surface area is 144 Å². The molecule has 0 bridgehead atoms. The molecule has 0 spiro atoms. The molecule has 0 aliphatic carbocycles. The predicted octanol–water partition coefficient (Wildman–Crippen LogP) is 0.469. The minimum absolute atomic E-state index is 0.0501. The van der Waals surface area contributed by atoms with E-state index in [2.05, 4.69) is 10.3 Å². The minimum Gasteiger partial charge on any atom is -0.381 e. The Balaban J connectivity index is 1.69. The molecule has 2 amide bonds. The Hall–Kier alpha value is -2.67. The third kappa shape index (κ3) is 3.71. The summed E-state index contributed by atoms with van der Waals surface area (Å²) < 4.78 is 5.27. The van der Waals surface area contributed by atoms with Crippen LogP contribution in [0, 0.1) is 5.41 Å². The van der Waals surface area contributed by atoms with Crippen LogP contribution in [0.4, 0.5) is 0 Å². The number of aromatic amines is 1. The van der Waals surface area contributed by atoms with E-state index in [-0.39, 0.29) is 24.4 Å². The molecule has 0 unspecified atom stereocenters. The molecule has 1 aliphatic heterocycles. The van der Waals surface area contributed by atoms with E-state index in [1.807, 2.05) is 24.3 Å². The van der Waals surface area contributed by atoms with E-state index in [1.54, 1.807) is 6.07 Å². The maximum Gasteiger partial charge on any atom is 0.252 e. The fourth-order valence-corrected chi connectivity index (χ4v) is 3.10. The summed E-state index contributed by atoms with van der Waals surface area (Å²) in [5.41, 5.74) is 5.58. The van der Waals surface area contributed by atoms with Gasteiger partial charge in [-0.05, 0) is 30.4 Å². The predicted molar refractivity (Wildman–Crippen MR) is 93.0 cm³/mol. The zero-order valence-corrected chi connectivity index (χ0v) is 13.8. The molecular weight excluding hydrogens is 322 g/mol. The summed E-state index contributed by atoms with van der Waals surface area (Å²) in [6.45, 7) is 1.06. The molecule has 4 N–H and O–H groups in total. The number of rotatable bonds is 5. The summed E-state index contributed by atoms with van der Waals surface area (Å²) in [5.74, 6) is -0.743. The van der Waals surface area contributed by atoms with Crippen molar-refractivity contribution in [2.24, 2.45) is 11.1 Å². The molecule has 1 saturated heterocycles. The number of hydrogen-bond donors (Lipinski definition) is 3. The Morgan fingerprint density at radius 3 is 2.68 bits per heavy atom. The summed E-state index contributed by atoms with van der Waals surface area (Å²) in [6, 6.07) is 9.10. The normalized spacial score (nSPS) is 16.5. The van der Waals surface area contributed by atoms with Gasteiger partial charge in [-0.15, -0.1) is 0 Å². The number of fused-ring (bicyclic) bond motifs is 1. The number of aromatic nitrogens is 1. The first-order chi connectivity index (χ1) is 12.0. The van der Waals surface area contributed by atoms with Crippen molar-refractivity contribution in [2.75, 3.05) is 19.8 Å². The lowest BCUT2D eigenvalue weighted by Crippen LogP contribution is -2.49. The number of H-pyrrole nitrogens is 1. The standard InChI is InChI=1S/C18H21N3O4/c19-17(24)18(5-7-25-8-6-18)11-20-15(22)10-13-9-12-3-1-2-4-14(12)21-16(13)23/h1-4,9H,5-8,10-11H2,(H2,19,24)(H,20,22)(H,21,23). The van der Waals surface area contributed by atoms with Gasteiger partial charge in [0.1, 0.15) is 0 Å². The van der Waals surface area contributed by atoms with Crippen molar-refractivity contribution >= 4 is 22.7 Å². The number of carbonyl (C=O) groups is 2. The molecule has 1 aromatic heterocycles. The number of primary amides is 1. The van der Waals surface area contributed by atoms with Crippen LogP contribution >= 0.6 is 0 Å². The molecule has 0 atom stereocenters. The van der Waals surface area contributed by atoms with Gasteiger partial charge in [0.15, 0.2) is 0 Å². The van der Waals surface area contributed by atoms with Crippen LogP contribution in [0.1, 0.15) is 18.4 Å². The second kappa shape index (κ2) is 7.06. The molecule has 7 heteroatoms. The lowest BCUT2D eigenvalue weighted by atomic mass is 9.79. The number of nitrogens with one attached hydrogen (secondary N) is 2. The number of carbonyl (C=O) groups excluding carboxylic acids is 2. The highest BCUT2D eigenvalue weighted by molar-refractivity contribution is 5.84. The van der Waals surface area contributed by atoms with Gasteiger partial charge in [-0.1, -0.05) is 18.2 Å². The molecule has 1 fully saturated rings.